The van der Waals surface area contributed by atoms with Gasteiger partial charge in [-0.05, 0) is 78.4 Å². The molecule has 0 aromatic heterocycles. The Hall–Kier alpha value is -2.74. The van der Waals surface area contributed by atoms with Crippen molar-refractivity contribution in [2.45, 2.75) is 38.4 Å². The second-order valence-corrected chi connectivity index (χ2v) is 11.2. The lowest BCUT2D eigenvalue weighted by atomic mass is 9.86. The van der Waals surface area contributed by atoms with Gasteiger partial charge in [0.05, 0.1) is 13.4 Å². The normalized spacial score (nSPS) is 15.4. The molecule has 0 aliphatic carbocycles. The fourth-order valence-electron chi connectivity index (χ4n) is 4.78. The highest BCUT2D eigenvalue weighted by Gasteiger charge is 2.25. The molecule has 186 valence electrons. The van der Waals surface area contributed by atoms with Crippen LogP contribution in [0.5, 0.6) is 5.75 Å². The van der Waals surface area contributed by atoms with Crippen LogP contribution in [-0.2, 0) is 29.7 Å². The second kappa shape index (κ2) is 11.3. The summed E-state index contributed by atoms with van der Waals surface area (Å²) in [5, 5.41) is 0. The van der Waals surface area contributed by atoms with Gasteiger partial charge < -0.3 is 4.74 Å². The zero-order valence-electron chi connectivity index (χ0n) is 20.4. The average molecular weight is 497 g/mol. The van der Waals surface area contributed by atoms with Crippen molar-refractivity contribution in [3.05, 3.63) is 101 Å². The summed E-state index contributed by atoms with van der Waals surface area (Å²) in [6.45, 7) is 3.35. The minimum Gasteiger partial charge on any atom is -0.497 e. The number of halogens is 1. The number of piperidine rings is 1. The molecule has 0 N–H and O–H groups in total. The lowest BCUT2D eigenvalue weighted by Gasteiger charge is -2.33. The van der Waals surface area contributed by atoms with Crippen LogP contribution in [0, 0.1) is 5.82 Å². The first kappa shape index (κ1) is 25.4. The molecule has 1 fully saturated rings. The Balaban J connectivity index is 1.45. The van der Waals surface area contributed by atoms with Crippen LogP contribution >= 0.6 is 0 Å². The molecule has 1 aliphatic heterocycles. The molecule has 0 spiro atoms. The zero-order chi connectivity index (χ0) is 24.8. The summed E-state index contributed by atoms with van der Waals surface area (Å²) in [6.07, 6.45) is 3.28. The highest BCUT2D eigenvalue weighted by atomic mass is 32.2. The van der Waals surface area contributed by atoms with Crippen molar-refractivity contribution in [2.75, 3.05) is 26.5 Å². The fraction of sp³-hybridized carbons (Fsp3) is 0.357. The number of rotatable bonds is 9. The van der Waals surface area contributed by atoms with Crippen molar-refractivity contribution in [2.24, 2.45) is 0 Å². The first-order chi connectivity index (χ1) is 16.8. The van der Waals surface area contributed by atoms with E-state index in [0.29, 0.717) is 24.8 Å². The highest BCUT2D eigenvalue weighted by molar-refractivity contribution is 7.88. The Morgan fingerprint density at radius 3 is 2.34 bits per heavy atom. The topological polar surface area (TPSA) is 49.9 Å². The van der Waals surface area contributed by atoms with E-state index in [0.717, 1.165) is 49.2 Å². The largest absolute Gasteiger partial charge is 0.497 e. The van der Waals surface area contributed by atoms with Crippen LogP contribution in [0.4, 0.5) is 4.39 Å². The van der Waals surface area contributed by atoms with Crippen LogP contribution in [0.3, 0.4) is 0 Å². The molecule has 0 unspecified atom stereocenters. The monoisotopic (exact) mass is 496 g/mol. The molecule has 4 rings (SSSR count). The summed E-state index contributed by atoms with van der Waals surface area (Å²) in [6, 6.07) is 22.4. The Bertz CT molecular complexity index is 1220. The van der Waals surface area contributed by atoms with Crippen LogP contribution in [0.2, 0.25) is 0 Å². The Labute approximate surface area is 208 Å². The van der Waals surface area contributed by atoms with Crippen LogP contribution in [-0.4, -0.2) is 44.1 Å². The SMILES string of the molecule is COc1cccc(CN(Cc2ccccc2C2CCN(Cc3ccc(F)cc3)CC2)S(C)(=O)=O)c1. The molecule has 0 saturated carbocycles. The van der Waals surface area contributed by atoms with Crippen LogP contribution in [0.25, 0.3) is 0 Å². The van der Waals surface area contributed by atoms with Crippen molar-refractivity contribution in [3.63, 3.8) is 0 Å². The van der Waals surface area contributed by atoms with E-state index in [2.05, 4.69) is 11.0 Å². The molecule has 0 radical (unpaired) electrons. The van der Waals surface area contributed by atoms with Crippen molar-refractivity contribution in [3.8, 4) is 5.75 Å². The third kappa shape index (κ3) is 6.90. The van der Waals surface area contributed by atoms with Gasteiger partial charge in [0, 0.05) is 19.6 Å². The molecule has 1 aliphatic rings. The van der Waals surface area contributed by atoms with E-state index < -0.39 is 10.0 Å². The predicted octanol–water partition coefficient (Wildman–Crippen LogP) is 5.18. The van der Waals surface area contributed by atoms with Crippen LogP contribution < -0.4 is 4.74 Å². The van der Waals surface area contributed by atoms with Gasteiger partial charge in [-0.15, -0.1) is 0 Å². The number of nitrogens with zero attached hydrogens (tertiary/aromatic N) is 2. The Morgan fingerprint density at radius 2 is 1.66 bits per heavy atom. The lowest BCUT2D eigenvalue weighted by Crippen LogP contribution is -2.33. The maximum atomic E-state index is 13.2. The van der Waals surface area contributed by atoms with Gasteiger partial charge in [-0.3, -0.25) is 4.90 Å². The van der Waals surface area contributed by atoms with Crippen molar-refractivity contribution < 1.29 is 17.5 Å². The minimum absolute atomic E-state index is 0.210. The molecule has 3 aromatic rings. The van der Waals surface area contributed by atoms with E-state index in [1.165, 1.54) is 28.3 Å². The number of hydrogen-bond donors (Lipinski definition) is 0. The van der Waals surface area contributed by atoms with Gasteiger partial charge in [0.15, 0.2) is 0 Å². The number of methoxy groups -OCH3 is 1. The third-order valence-electron chi connectivity index (χ3n) is 6.71. The first-order valence-electron chi connectivity index (χ1n) is 11.9. The summed E-state index contributed by atoms with van der Waals surface area (Å²) in [4.78, 5) is 2.40. The summed E-state index contributed by atoms with van der Waals surface area (Å²) >= 11 is 0. The standard InChI is InChI=1S/C28H33FN2O3S/c1-34-27-8-5-6-23(18-27)20-31(35(2,32)33)21-25-7-3-4-9-28(25)24-14-16-30(17-15-24)19-22-10-12-26(29)13-11-22/h3-13,18,24H,14-17,19-21H2,1-2H3. The summed E-state index contributed by atoms with van der Waals surface area (Å²) in [5.41, 5.74) is 4.29. The quantitative estimate of drug-likeness (QED) is 0.410. The van der Waals surface area contributed by atoms with Crippen molar-refractivity contribution in [1.29, 1.82) is 0 Å². The maximum absolute atomic E-state index is 13.2. The Kier molecular flexibility index (Phi) is 8.21. The molecule has 0 bridgehead atoms. The highest BCUT2D eigenvalue weighted by Crippen LogP contribution is 2.32. The molecule has 1 saturated heterocycles. The molecular formula is C28H33FN2O3S. The van der Waals surface area contributed by atoms with Crippen LogP contribution in [0.15, 0.2) is 72.8 Å². The lowest BCUT2D eigenvalue weighted by molar-refractivity contribution is 0.204. The fourth-order valence-corrected chi connectivity index (χ4v) is 5.54. The van der Waals surface area contributed by atoms with Crippen molar-refractivity contribution in [1.82, 2.24) is 9.21 Å². The van der Waals surface area contributed by atoms with Crippen LogP contribution in [0.1, 0.15) is 41.0 Å². The van der Waals surface area contributed by atoms with Gasteiger partial charge in [-0.1, -0.05) is 48.5 Å². The number of likely N-dealkylation sites (tertiary alicyclic amines) is 1. The molecule has 7 heteroatoms. The maximum Gasteiger partial charge on any atom is 0.211 e. The molecule has 0 atom stereocenters. The number of benzene rings is 3. The van der Waals surface area contributed by atoms with E-state index >= 15 is 0 Å². The van der Waals surface area contributed by atoms with E-state index in [1.807, 2.05) is 54.6 Å². The third-order valence-corrected chi connectivity index (χ3v) is 7.91. The summed E-state index contributed by atoms with van der Waals surface area (Å²) in [7, 11) is -1.81. The molecule has 3 aromatic carbocycles. The number of sulfonamides is 1. The molecule has 0 amide bonds. The summed E-state index contributed by atoms with van der Waals surface area (Å²) < 4.78 is 45.4. The second-order valence-electron chi connectivity index (χ2n) is 9.26. The van der Waals surface area contributed by atoms with E-state index in [-0.39, 0.29) is 5.82 Å². The Morgan fingerprint density at radius 1 is 0.943 bits per heavy atom. The molecule has 1 heterocycles. The van der Waals surface area contributed by atoms with E-state index in [1.54, 1.807) is 7.11 Å². The van der Waals surface area contributed by atoms with Gasteiger partial charge in [-0.25, -0.2) is 12.8 Å². The van der Waals surface area contributed by atoms with Gasteiger partial charge in [-0.2, -0.15) is 4.31 Å². The molecule has 35 heavy (non-hydrogen) atoms. The number of hydrogen-bond acceptors (Lipinski definition) is 4. The van der Waals surface area contributed by atoms with Crippen molar-refractivity contribution >= 4 is 10.0 Å². The first-order valence-corrected chi connectivity index (χ1v) is 13.8. The van der Waals surface area contributed by atoms with Gasteiger partial charge in [0.2, 0.25) is 10.0 Å². The smallest absolute Gasteiger partial charge is 0.211 e. The van der Waals surface area contributed by atoms with Gasteiger partial charge in [0.1, 0.15) is 11.6 Å². The van der Waals surface area contributed by atoms with E-state index in [9.17, 15) is 12.8 Å². The average Bonchev–Trinajstić information content (AvgIpc) is 2.85. The number of ether oxygens (including phenoxy) is 1. The van der Waals surface area contributed by atoms with Gasteiger partial charge >= 0.3 is 0 Å². The molecular weight excluding hydrogens is 463 g/mol. The minimum atomic E-state index is -3.42. The zero-order valence-corrected chi connectivity index (χ0v) is 21.2. The van der Waals surface area contributed by atoms with Gasteiger partial charge in [0.25, 0.3) is 0 Å². The van der Waals surface area contributed by atoms with E-state index in [4.69, 9.17) is 4.74 Å². The predicted molar refractivity (Wildman–Crippen MR) is 137 cm³/mol. The molecule has 5 nitrogen and oxygen atoms in total. The summed E-state index contributed by atoms with van der Waals surface area (Å²) in [5.74, 6) is 0.885.